The fourth-order valence-electron chi connectivity index (χ4n) is 2.18. The lowest BCUT2D eigenvalue weighted by Crippen LogP contribution is -2.71. The molecular weight excluding hydrogens is 182 g/mol. The Labute approximate surface area is 84.0 Å². The molecule has 5 nitrogen and oxygen atoms in total. The van der Waals surface area contributed by atoms with Crippen molar-refractivity contribution < 1.29 is 9.53 Å². The number of morpholine rings is 1. The summed E-state index contributed by atoms with van der Waals surface area (Å²) < 4.78 is 5.73. The van der Waals surface area contributed by atoms with Crippen LogP contribution in [0.1, 0.15) is 0 Å². The van der Waals surface area contributed by atoms with E-state index < -0.39 is 0 Å². The van der Waals surface area contributed by atoms with Crippen molar-refractivity contribution in [3.05, 3.63) is 0 Å². The zero-order chi connectivity index (χ0) is 10.2. The van der Waals surface area contributed by atoms with Gasteiger partial charge in [-0.3, -0.25) is 0 Å². The van der Waals surface area contributed by atoms with Gasteiger partial charge in [-0.2, -0.15) is 0 Å². The van der Waals surface area contributed by atoms with E-state index in [2.05, 4.69) is 17.3 Å². The first kappa shape index (κ1) is 9.73. The number of amides is 2. The minimum atomic E-state index is -0.0838. The molecule has 0 aromatic carbocycles. The number of nitrogens with zero attached hydrogens (tertiary/aromatic N) is 2. The second-order valence-corrected chi connectivity index (χ2v) is 4.18. The van der Waals surface area contributed by atoms with Gasteiger partial charge in [-0.05, 0) is 7.05 Å². The zero-order valence-corrected chi connectivity index (χ0v) is 8.75. The summed E-state index contributed by atoms with van der Waals surface area (Å²) in [6.45, 7) is 4.13. The molecule has 2 aliphatic rings. The van der Waals surface area contributed by atoms with Gasteiger partial charge in [0.2, 0.25) is 0 Å². The molecule has 0 aromatic rings. The van der Waals surface area contributed by atoms with Crippen molar-refractivity contribution in [2.45, 2.75) is 5.60 Å². The number of urea groups is 1. The smallest absolute Gasteiger partial charge is 0.317 e. The highest BCUT2D eigenvalue weighted by atomic mass is 16.5. The van der Waals surface area contributed by atoms with Gasteiger partial charge in [0.25, 0.3) is 0 Å². The number of likely N-dealkylation sites (N-methyl/N-ethyl adjacent to an activating group) is 1. The SMILES string of the molecule is CNC(=O)N1CC2(CN(C)CCO2)C1. The Balaban J connectivity index is 1.88. The van der Waals surface area contributed by atoms with Crippen LogP contribution in [0.3, 0.4) is 0 Å². The van der Waals surface area contributed by atoms with Gasteiger partial charge in [0.15, 0.2) is 0 Å². The van der Waals surface area contributed by atoms with E-state index in [1.807, 2.05) is 0 Å². The molecule has 0 aliphatic carbocycles. The van der Waals surface area contributed by atoms with Crippen molar-refractivity contribution in [3.63, 3.8) is 0 Å². The van der Waals surface area contributed by atoms with Gasteiger partial charge in [0, 0.05) is 20.1 Å². The number of nitrogens with one attached hydrogen (secondary N) is 1. The van der Waals surface area contributed by atoms with Gasteiger partial charge in [-0.15, -0.1) is 0 Å². The Morgan fingerprint density at radius 1 is 1.43 bits per heavy atom. The van der Waals surface area contributed by atoms with Crippen LogP contribution in [0.2, 0.25) is 0 Å². The first-order chi connectivity index (χ1) is 6.65. The van der Waals surface area contributed by atoms with E-state index in [-0.39, 0.29) is 11.6 Å². The lowest BCUT2D eigenvalue weighted by molar-refractivity contribution is -0.166. The molecular formula is C9H17N3O2. The summed E-state index contributed by atoms with van der Waals surface area (Å²) >= 11 is 0. The average Bonchev–Trinajstić information content (AvgIpc) is 2.13. The molecule has 5 heteroatoms. The number of rotatable bonds is 0. The predicted octanol–water partition coefficient (Wildman–Crippen LogP) is -0.658. The van der Waals surface area contributed by atoms with E-state index in [0.29, 0.717) is 0 Å². The van der Waals surface area contributed by atoms with Crippen LogP contribution in [-0.2, 0) is 4.74 Å². The molecule has 80 valence electrons. The molecule has 2 heterocycles. The van der Waals surface area contributed by atoms with E-state index in [0.717, 1.165) is 32.8 Å². The van der Waals surface area contributed by atoms with Gasteiger partial charge in [0.05, 0.1) is 19.7 Å². The highest BCUT2D eigenvalue weighted by Crippen LogP contribution is 2.28. The quantitative estimate of drug-likeness (QED) is 0.563. The van der Waals surface area contributed by atoms with Crippen molar-refractivity contribution in [2.75, 3.05) is 46.9 Å². The van der Waals surface area contributed by atoms with Crippen LogP contribution >= 0.6 is 0 Å². The molecule has 1 spiro atoms. The Bertz CT molecular complexity index is 238. The van der Waals surface area contributed by atoms with Gasteiger partial charge >= 0.3 is 6.03 Å². The summed E-state index contributed by atoms with van der Waals surface area (Å²) in [6, 6.07) is -0.00699. The number of likely N-dealkylation sites (tertiary alicyclic amines) is 1. The number of ether oxygens (including phenoxy) is 1. The standard InChI is InChI=1S/C9H17N3O2/c1-10-8(13)12-6-9(7-12)5-11(2)3-4-14-9/h3-7H2,1-2H3,(H,10,13). The van der Waals surface area contributed by atoms with E-state index in [1.54, 1.807) is 11.9 Å². The third-order valence-electron chi connectivity index (χ3n) is 2.90. The maximum atomic E-state index is 11.2. The van der Waals surface area contributed by atoms with E-state index in [1.165, 1.54) is 0 Å². The van der Waals surface area contributed by atoms with Crippen LogP contribution in [0.15, 0.2) is 0 Å². The number of hydrogen-bond donors (Lipinski definition) is 1. The molecule has 0 atom stereocenters. The van der Waals surface area contributed by atoms with E-state index >= 15 is 0 Å². The first-order valence-electron chi connectivity index (χ1n) is 4.94. The Kier molecular flexibility index (Phi) is 2.36. The summed E-state index contributed by atoms with van der Waals surface area (Å²) in [5.74, 6) is 0. The van der Waals surface area contributed by atoms with E-state index in [4.69, 9.17) is 4.74 Å². The molecule has 0 unspecified atom stereocenters. The summed E-state index contributed by atoms with van der Waals surface area (Å²) in [5, 5.41) is 2.62. The van der Waals surface area contributed by atoms with Crippen LogP contribution in [-0.4, -0.2) is 68.3 Å². The minimum Gasteiger partial charge on any atom is -0.369 e. The van der Waals surface area contributed by atoms with Crippen molar-refractivity contribution in [3.8, 4) is 0 Å². The summed E-state index contributed by atoms with van der Waals surface area (Å²) in [7, 11) is 3.74. The maximum absolute atomic E-state index is 11.2. The Hall–Kier alpha value is -0.810. The molecule has 14 heavy (non-hydrogen) atoms. The van der Waals surface area contributed by atoms with Crippen LogP contribution in [0.5, 0.6) is 0 Å². The topological polar surface area (TPSA) is 44.8 Å². The number of hydrogen-bond acceptors (Lipinski definition) is 3. The summed E-state index contributed by atoms with van der Waals surface area (Å²) in [6.07, 6.45) is 0. The fourth-order valence-corrected chi connectivity index (χ4v) is 2.18. The van der Waals surface area contributed by atoms with Crippen LogP contribution in [0.25, 0.3) is 0 Å². The summed E-state index contributed by atoms with van der Waals surface area (Å²) in [4.78, 5) is 15.3. The van der Waals surface area contributed by atoms with Crippen LogP contribution in [0, 0.1) is 0 Å². The Morgan fingerprint density at radius 3 is 2.71 bits per heavy atom. The number of carbonyl (C=O) groups excluding carboxylic acids is 1. The molecule has 2 rings (SSSR count). The lowest BCUT2D eigenvalue weighted by Gasteiger charge is -2.53. The van der Waals surface area contributed by atoms with Crippen LogP contribution < -0.4 is 5.32 Å². The van der Waals surface area contributed by atoms with Gasteiger partial charge in [0.1, 0.15) is 5.60 Å². The molecule has 2 saturated heterocycles. The fraction of sp³-hybridized carbons (Fsp3) is 0.889. The second-order valence-electron chi connectivity index (χ2n) is 4.18. The normalized spacial score (nSPS) is 26.0. The van der Waals surface area contributed by atoms with Crippen molar-refractivity contribution in [2.24, 2.45) is 0 Å². The molecule has 0 radical (unpaired) electrons. The molecule has 1 N–H and O–H groups in total. The largest absolute Gasteiger partial charge is 0.369 e. The third kappa shape index (κ3) is 1.57. The van der Waals surface area contributed by atoms with Crippen LogP contribution in [0.4, 0.5) is 4.79 Å². The van der Waals surface area contributed by atoms with Crippen molar-refractivity contribution >= 4 is 6.03 Å². The van der Waals surface area contributed by atoms with Gasteiger partial charge in [-0.1, -0.05) is 0 Å². The monoisotopic (exact) mass is 199 g/mol. The highest BCUT2D eigenvalue weighted by Gasteiger charge is 2.48. The predicted molar refractivity (Wildman–Crippen MR) is 52.2 cm³/mol. The minimum absolute atomic E-state index is 0.00699. The first-order valence-corrected chi connectivity index (χ1v) is 4.94. The molecule has 0 saturated carbocycles. The second kappa shape index (κ2) is 3.40. The third-order valence-corrected chi connectivity index (χ3v) is 2.90. The molecule has 2 fully saturated rings. The lowest BCUT2D eigenvalue weighted by atomic mass is 9.92. The highest BCUT2D eigenvalue weighted by molar-refractivity contribution is 5.75. The van der Waals surface area contributed by atoms with Crippen molar-refractivity contribution in [1.29, 1.82) is 0 Å². The molecule has 0 aromatic heterocycles. The van der Waals surface area contributed by atoms with Gasteiger partial charge in [-0.25, -0.2) is 4.79 Å². The van der Waals surface area contributed by atoms with Gasteiger partial charge < -0.3 is 19.9 Å². The molecule has 2 amide bonds. The molecule has 0 bridgehead atoms. The number of carbonyl (C=O) groups is 1. The maximum Gasteiger partial charge on any atom is 0.317 e. The zero-order valence-electron chi connectivity index (χ0n) is 8.75. The summed E-state index contributed by atoms with van der Waals surface area (Å²) in [5.41, 5.74) is -0.0838. The molecule has 2 aliphatic heterocycles. The Morgan fingerprint density at radius 2 is 2.14 bits per heavy atom. The average molecular weight is 199 g/mol. The van der Waals surface area contributed by atoms with Crippen molar-refractivity contribution in [1.82, 2.24) is 15.1 Å². The van der Waals surface area contributed by atoms with E-state index in [9.17, 15) is 4.79 Å².